The van der Waals surface area contributed by atoms with Crippen molar-refractivity contribution in [3.8, 4) is 11.5 Å². The molecule has 0 saturated heterocycles. The summed E-state index contributed by atoms with van der Waals surface area (Å²) >= 11 is 17.9. The van der Waals surface area contributed by atoms with Crippen molar-refractivity contribution in [2.75, 3.05) is 5.32 Å². The number of hydrogen-bond donors (Lipinski definition) is 1. The molecule has 0 aliphatic carbocycles. The number of halogens is 3. The van der Waals surface area contributed by atoms with Crippen LogP contribution in [0.25, 0.3) is 11.5 Å². The van der Waals surface area contributed by atoms with Gasteiger partial charge in [0, 0.05) is 15.6 Å². The van der Waals surface area contributed by atoms with Crippen molar-refractivity contribution in [2.24, 2.45) is 0 Å². The Labute approximate surface area is 142 Å². The van der Waals surface area contributed by atoms with Crippen LogP contribution in [0.2, 0.25) is 15.1 Å². The summed E-state index contributed by atoms with van der Waals surface area (Å²) < 4.78 is 5.60. The normalized spacial score (nSPS) is 10.7. The first-order valence-electron chi connectivity index (χ1n) is 6.39. The topological polar surface area (TPSA) is 51.0 Å². The first-order valence-corrected chi connectivity index (χ1v) is 7.52. The molecule has 0 unspecified atom stereocenters. The van der Waals surface area contributed by atoms with E-state index < -0.39 is 0 Å². The molecular weight excluding hydrogens is 345 g/mol. The highest BCUT2D eigenvalue weighted by Crippen LogP contribution is 2.26. The molecule has 2 aromatic carbocycles. The van der Waals surface area contributed by atoms with E-state index in [4.69, 9.17) is 39.2 Å². The largest absolute Gasteiger partial charge is 0.419 e. The molecule has 0 fully saturated rings. The molecule has 3 aromatic rings. The van der Waals surface area contributed by atoms with Gasteiger partial charge in [-0.05, 0) is 36.4 Å². The maximum absolute atomic E-state index is 6.09. The average molecular weight is 355 g/mol. The summed E-state index contributed by atoms with van der Waals surface area (Å²) in [5.74, 6) is 0.863. The Balaban J connectivity index is 1.72. The Morgan fingerprint density at radius 3 is 2.55 bits per heavy atom. The molecule has 112 valence electrons. The lowest BCUT2D eigenvalue weighted by Gasteiger charge is -2.05. The van der Waals surface area contributed by atoms with Gasteiger partial charge in [0.05, 0.1) is 17.3 Å². The highest BCUT2D eigenvalue weighted by molar-refractivity contribution is 6.36. The first kappa shape index (κ1) is 15.2. The molecule has 0 aliphatic heterocycles. The smallest absolute Gasteiger partial charge is 0.247 e. The van der Waals surface area contributed by atoms with Crippen molar-refractivity contribution >= 4 is 40.5 Å². The first-order chi connectivity index (χ1) is 10.6. The van der Waals surface area contributed by atoms with Crippen molar-refractivity contribution in [2.45, 2.75) is 6.54 Å². The van der Waals surface area contributed by atoms with Crippen LogP contribution in [0.15, 0.2) is 46.9 Å². The summed E-state index contributed by atoms with van der Waals surface area (Å²) in [6.07, 6.45) is 0. The van der Waals surface area contributed by atoms with Gasteiger partial charge in [0.25, 0.3) is 0 Å². The zero-order chi connectivity index (χ0) is 15.5. The Morgan fingerprint density at radius 1 is 0.955 bits per heavy atom. The summed E-state index contributed by atoms with van der Waals surface area (Å²) in [6.45, 7) is 0.356. The van der Waals surface area contributed by atoms with Crippen LogP contribution in [0.5, 0.6) is 0 Å². The van der Waals surface area contributed by atoms with E-state index in [2.05, 4.69) is 15.5 Å². The standard InChI is InChI=1S/C15H10Cl3N3O/c16-10-3-1-2-9(6-10)15-21-20-14(22-15)8-19-13-5-4-11(17)7-12(13)18/h1-7,19H,8H2. The van der Waals surface area contributed by atoms with Gasteiger partial charge in [0.15, 0.2) is 0 Å². The molecule has 0 radical (unpaired) electrons. The van der Waals surface area contributed by atoms with Gasteiger partial charge in [-0.1, -0.05) is 40.9 Å². The second-order valence-electron chi connectivity index (χ2n) is 4.49. The van der Waals surface area contributed by atoms with Crippen molar-refractivity contribution in [3.63, 3.8) is 0 Å². The molecule has 7 heteroatoms. The van der Waals surface area contributed by atoms with Crippen LogP contribution in [0.3, 0.4) is 0 Å². The van der Waals surface area contributed by atoms with Gasteiger partial charge in [-0.3, -0.25) is 0 Å². The van der Waals surface area contributed by atoms with Gasteiger partial charge >= 0.3 is 0 Å². The van der Waals surface area contributed by atoms with E-state index in [0.717, 1.165) is 11.3 Å². The average Bonchev–Trinajstić information content (AvgIpc) is 2.95. The second kappa shape index (κ2) is 6.57. The number of rotatable bonds is 4. The molecule has 0 atom stereocenters. The Kier molecular flexibility index (Phi) is 4.52. The van der Waals surface area contributed by atoms with E-state index in [1.807, 2.05) is 12.1 Å². The second-order valence-corrected chi connectivity index (χ2v) is 5.77. The predicted octanol–water partition coefficient (Wildman–Crippen LogP) is 5.31. The third-order valence-corrected chi connectivity index (χ3v) is 3.68. The lowest BCUT2D eigenvalue weighted by molar-refractivity contribution is 0.515. The van der Waals surface area contributed by atoms with Gasteiger partial charge < -0.3 is 9.73 Å². The molecule has 22 heavy (non-hydrogen) atoms. The van der Waals surface area contributed by atoms with E-state index in [-0.39, 0.29) is 0 Å². The summed E-state index contributed by atoms with van der Waals surface area (Å²) in [7, 11) is 0. The van der Waals surface area contributed by atoms with Crippen molar-refractivity contribution in [1.29, 1.82) is 0 Å². The predicted molar refractivity (Wildman–Crippen MR) is 88.5 cm³/mol. The van der Waals surface area contributed by atoms with Crippen LogP contribution in [-0.4, -0.2) is 10.2 Å². The van der Waals surface area contributed by atoms with E-state index in [9.17, 15) is 0 Å². The number of nitrogens with one attached hydrogen (secondary N) is 1. The van der Waals surface area contributed by atoms with Gasteiger partial charge in [-0.2, -0.15) is 0 Å². The molecule has 3 rings (SSSR count). The van der Waals surface area contributed by atoms with E-state index >= 15 is 0 Å². The molecule has 1 N–H and O–H groups in total. The van der Waals surface area contributed by atoms with E-state index in [1.165, 1.54) is 0 Å². The number of hydrogen-bond acceptors (Lipinski definition) is 4. The number of aromatic nitrogens is 2. The lowest BCUT2D eigenvalue weighted by Crippen LogP contribution is -2.00. The van der Waals surface area contributed by atoms with Gasteiger partial charge in [0.2, 0.25) is 11.8 Å². The molecule has 1 aromatic heterocycles. The number of benzene rings is 2. The van der Waals surface area contributed by atoms with Gasteiger partial charge in [-0.25, -0.2) is 0 Å². The molecule has 0 saturated carbocycles. The molecule has 0 amide bonds. The zero-order valence-electron chi connectivity index (χ0n) is 11.2. The maximum Gasteiger partial charge on any atom is 0.247 e. The monoisotopic (exact) mass is 353 g/mol. The third-order valence-electron chi connectivity index (χ3n) is 2.90. The summed E-state index contributed by atoms with van der Waals surface area (Å²) in [4.78, 5) is 0. The van der Waals surface area contributed by atoms with Gasteiger partial charge in [0.1, 0.15) is 0 Å². The SMILES string of the molecule is Clc1cccc(-c2nnc(CNc3ccc(Cl)cc3Cl)o2)c1. The van der Waals surface area contributed by atoms with Crippen LogP contribution in [0.1, 0.15) is 5.89 Å². The summed E-state index contributed by atoms with van der Waals surface area (Å²) in [6, 6.07) is 12.4. The minimum absolute atomic E-state index is 0.356. The summed E-state index contributed by atoms with van der Waals surface area (Å²) in [5.41, 5.74) is 1.52. The Morgan fingerprint density at radius 2 is 1.77 bits per heavy atom. The fourth-order valence-corrected chi connectivity index (χ4v) is 2.53. The van der Waals surface area contributed by atoms with Crippen LogP contribution in [0, 0.1) is 0 Å². The van der Waals surface area contributed by atoms with E-state index in [1.54, 1.807) is 30.3 Å². The summed E-state index contributed by atoms with van der Waals surface area (Å²) in [5, 5.41) is 12.8. The van der Waals surface area contributed by atoms with Crippen LogP contribution >= 0.6 is 34.8 Å². The van der Waals surface area contributed by atoms with Crippen LogP contribution in [-0.2, 0) is 6.54 Å². The zero-order valence-corrected chi connectivity index (χ0v) is 13.5. The Bertz CT molecular complexity index is 804. The van der Waals surface area contributed by atoms with Crippen LogP contribution in [0.4, 0.5) is 5.69 Å². The quantitative estimate of drug-likeness (QED) is 0.690. The van der Waals surface area contributed by atoms with Crippen molar-refractivity contribution < 1.29 is 4.42 Å². The van der Waals surface area contributed by atoms with Crippen LogP contribution < -0.4 is 5.32 Å². The molecule has 1 heterocycles. The van der Waals surface area contributed by atoms with Crippen molar-refractivity contribution in [1.82, 2.24) is 10.2 Å². The molecule has 0 bridgehead atoms. The maximum atomic E-state index is 6.09. The number of nitrogens with zero attached hydrogens (tertiary/aromatic N) is 2. The fourth-order valence-electron chi connectivity index (χ4n) is 1.87. The van der Waals surface area contributed by atoms with E-state index in [0.29, 0.717) is 33.4 Å². The third kappa shape index (κ3) is 3.53. The minimum atomic E-state index is 0.356. The minimum Gasteiger partial charge on any atom is -0.419 e. The highest BCUT2D eigenvalue weighted by atomic mass is 35.5. The molecule has 0 aliphatic rings. The van der Waals surface area contributed by atoms with Gasteiger partial charge in [-0.15, -0.1) is 10.2 Å². The lowest BCUT2D eigenvalue weighted by atomic mass is 10.2. The Hall–Kier alpha value is -1.75. The van der Waals surface area contributed by atoms with Crippen molar-refractivity contribution in [3.05, 3.63) is 63.4 Å². The molecule has 4 nitrogen and oxygen atoms in total. The fraction of sp³-hybridized carbons (Fsp3) is 0.0667. The molecular formula is C15H10Cl3N3O. The highest BCUT2D eigenvalue weighted by Gasteiger charge is 2.09. The number of anilines is 1. The molecule has 0 spiro atoms.